The van der Waals surface area contributed by atoms with Crippen LogP contribution in [0.1, 0.15) is 32.1 Å². The minimum atomic E-state index is -0.504. The van der Waals surface area contributed by atoms with E-state index in [1.165, 1.54) is 57.1 Å². The number of aliphatic imine (C=N–C) groups is 1. The average Bonchev–Trinajstić information content (AvgIpc) is 3.32. The van der Waals surface area contributed by atoms with E-state index in [0.717, 1.165) is 25.3 Å². The minimum absolute atomic E-state index is 0. The number of benzene rings is 1. The molecule has 0 spiro atoms. The quantitative estimate of drug-likeness (QED) is 0.258. The highest BCUT2D eigenvalue weighted by molar-refractivity contribution is 14.0. The molecule has 2 aliphatic heterocycles. The predicted octanol–water partition coefficient (Wildman–Crippen LogP) is 3.20. The van der Waals surface area contributed by atoms with Gasteiger partial charge in [-0.15, -0.1) is 24.0 Å². The SMILES string of the molecule is CN=C(NCCCCN1CCCC1)NC1CCN(c2c(F)cccc2F)C1.I. The summed E-state index contributed by atoms with van der Waals surface area (Å²) in [7, 11) is 1.75. The van der Waals surface area contributed by atoms with Crippen LogP contribution in [0.4, 0.5) is 14.5 Å². The number of para-hydroxylation sites is 1. The van der Waals surface area contributed by atoms with Gasteiger partial charge in [0.1, 0.15) is 17.3 Å². The smallest absolute Gasteiger partial charge is 0.191 e. The Morgan fingerprint density at radius 1 is 1.14 bits per heavy atom. The molecule has 3 rings (SSSR count). The van der Waals surface area contributed by atoms with Crippen LogP contribution in [0.25, 0.3) is 0 Å². The van der Waals surface area contributed by atoms with Crippen LogP contribution in [0.3, 0.4) is 0 Å². The van der Waals surface area contributed by atoms with Gasteiger partial charge in [-0.05, 0) is 63.9 Å². The Labute approximate surface area is 184 Å². The van der Waals surface area contributed by atoms with Crippen LogP contribution in [-0.4, -0.2) is 63.2 Å². The third-order valence-electron chi connectivity index (χ3n) is 5.40. The number of hydrogen-bond acceptors (Lipinski definition) is 3. The molecule has 0 radical (unpaired) electrons. The molecule has 0 aromatic heterocycles. The Kier molecular flexibility index (Phi) is 9.70. The second-order valence-electron chi connectivity index (χ2n) is 7.40. The topological polar surface area (TPSA) is 42.9 Å². The van der Waals surface area contributed by atoms with Crippen molar-refractivity contribution in [3.05, 3.63) is 29.8 Å². The Hall–Kier alpha value is -1.16. The zero-order chi connectivity index (χ0) is 19.1. The van der Waals surface area contributed by atoms with Crippen molar-refractivity contribution in [3.8, 4) is 0 Å². The Morgan fingerprint density at radius 2 is 1.86 bits per heavy atom. The van der Waals surface area contributed by atoms with Crippen molar-refractivity contribution in [2.75, 3.05) is 51.2 Å². The first-order chi connectivity index (χ1) is 13.2. The molecule has 1 aromatic carbocycles. The first kappa shape index (κ1) is 23.1. The van der Waals surface area contributed by atoms with Crippen LogP contribution in [-0.2, 0) is 0 Å². The fraction of sp³-hybridized carbons (Fsp3) is 0.650. The van der Waals surface area contributed by atoms with Crippen molar-refractivity contribution in [1.29, 1.82) is 0 Å². The first-order valence-corrected chi connectivity index (χ1v) is 10.1. The number of likely N-dealkylation sites (tertiary alicyclic amines) is 1. The number of unbranched alkanes of at least 4 members (excludes halogenated alkanes) is 1. The van der Waals surface area contributed by atoms with Crippen LogP contribution in [0.5, 0.6) is 0 Å². The number of nitrogens with zero attached hydrogens (tertiary/aromatic N) is 3. The van der Waals surface area contributed by atoms with E-state index in [1.807, 2.05) is 0 Å². The van der Waals surface area contributed by atoms with E-state index in [-0.39, 0.29) is 35.7 Å². The number of halogens is 3. The van der Waals surface area contributed by atoms with Gasteiger partial charge in [0.05, 0.1) is 0 Å². The molecule has 1 aromatic rings. The zero-order valence-corrected chi connectivity index (χ0v) is 18.9. The van der Waals surface area contributed by atoms with Crippen molar-refractivity contribution < 1.29 is 8.78 Å². The fourth-order valence-corrected chi connectivity index (χ4v) is 3.93. The van der Waals surface area contributed by atoms with Crippen molar-refractivity contribution >= 4 is 35.6 Å². The van der Waals surface area contributed by atoms with Crippen LogP contribution in [0, 0.1) is 11.6 Å². The van der Waals surface area contributed by atoms with E-state index in [9.17, 15) is 8.78 Å². The molecule has 0 bridgehead atoms. The summed E-state index contributed by atoms with van der Waals surface area (Å²) in [4.78, 5) is 8.58. The lowest BCUT2D eigenvalue weighted by molar-refractivity contribution is 0.330. The predicted molar refractivity (Wildman–Crippen MR) is 122 cm³/mol. The molecular formula is C20H32F2IN5. The maximum absolute atomic E-state index is 14.0. The molecule has 0 amide bonds. The normalized spacial score (nSPS) is 20.3. The third-order valence-corrected chi connectivity index (χ3v) is 5.40. The number of rotatable bonds is 7. The van der Waals surface area contributed by atoms with Crippen LogP contribution >= 0.6 is 24.0 Å². The van der Waals surface area contributed by atoms with E-state index in [1.54, 1.807) is 11.9 Å². The highest BCUT2D eigenvalue weighted by atomic mass is 127. The summed E-state index contributed by atoms with van der Waals surface area (Å²) in [6.45, 7) is 5.75. The van der Waals surface area contributed by atoms with Gasteiger partial charge in [-0.1, -0.05) is 6.07 Å². The average molecular weight is 507 g/mol. The molecule has 1 atom stereocenters. The maximum Gasteiger partial charge on any atom is 0.191 e. The highest BCUT2D eigenvalue weighted by Gasteiger charge is 2.27. The monoisotopic (exact) mass is 507 g/mol. The van der Waals surface area contributed by atoms with Gasteiger partial charge in [-0.2, -0.15) is 0 Å². The van der Waals surface area contributed by atoms with Gasteiger partial charge in [0.25, 0.3) is 0 Å². The number of hydrogen-bond donors (Lipinski definition) is 2. The van der Waals surface area contributed by atoms with Crippen LogP contribution in [0.2, 0.25) is 0 Å². The second-order valence-corrected chi connectivity index (χ2v) is 7.40. The lowest BCUT2D eigenvalue weighted by Gasteiger charge is -2.21. The Morgan fingerprint density at radius 3 is 2.54 bits per heavy atom. The summed E-state index contributed by atoms with van der Waals surface area (Å²) < 4.78 is 27.9. The van der Waals surface area contributed by atoms with Gasteiger partial charge >= 0.3 is 0 Å². The lowest BCUT2D eigenvalue weighted by Crippen LogP contribution is -2.45. The molecule has 2 N–H and O–H groups in total. The van der Waals surface area contributed by atoms with Crippen molar-refractivity contribution in [3.63, 3.8) is 0 Å². The maximum atomic E-state index is 14.0. The van der Waals surface area contributed by atoms with Gasteiger partial charge in [0, 0.05) is 32.7 Å². The standard InChI is InChI=1S/C20H31F2N5.HI/c1-23-20(24-10-2-3-11-26-12-4-5-13-26)25-16-9-14-27(15-16)19-17(21)7-6-8-18(19)22;/h6-8,16H,2-5,9-15H2,1H3,(H2,23,24,25);1H. The van der Waals surface area contributed by atoms with E-state index >= 15 is 0 Å². The molecule has 2 aliphatic rings. The molecule has 1 unspecified atom stereocenters. The largest absolute Gasteiger partial charge is 0.365 e. The second kappa shape index (κ2) is 11.7. The van der Waals surface area contributed by atoms with Crippen molar-refractivity contribution in [1.82, 2.24) is 15.5 Å². The summed E-state index contributed by atoms with van der Waals surface area (Å²) in [5.41, 5.74) is 0.0756. The molecule has 5 nitrogen and oxygen atoms in total. The van der Waals surface area contributed by atoms with Gasteiger partial charge in [0.2, 0.25) is 0 Å². The van der Waals surface area contributed by atoms with Crippen molar-refractivity contribution in [2.45, 2.75) is 38.1 Å². The van der Waals surface area contributed by atoms with Crippen molar-refractivity contribution in [2.24, 2.45) is 4.99 Å². The van der Waals surface area contributed by atoms with Crippen LogP contribution < -0.4 is 15.5 Å². The molecule has 158 valence electrons. The molecule has 28 heavy (non-hydrogen) atoms. The van der Waals surface area contributed by atoms with E-state index in [4.69, 9.17) is 0 Å². The number of anilines is 1. The summed E-state index contributed by atoms with van der Waals surface area (Å²) in [5.74, 6) is -0.246. The Balaban J connectivity index is 0.00000280. The minimum Gasteiger partial charge on any atom is -0.365 e. The fourth-order valence-electron chi connectivity index (χ4n) is 3.93. The van der Waals surface area contributed by atoms with Gasteiger partial charge < -0.3 is 20.4 Å². The molecule has 0 saturated carbocycles. The lowest BCUT2D eigenvalue weighted by atomic mass is 10.2. The molecular weight excluding hydrogens is 475 g/mol. The summed E-state index contributed by atoms with van der Waals surface area (Å²) in [5, 5.41) is 6.73. The van der Waals surface area contributed by atoms with Gasteiger partial charge in [-0.3, -0.25) is 4.99 Å². The van der Waals surface area contributed by atoms with E-state index in [0.29, 0.717) is 13.1 Å². The number of nitrogens with one attached hydrogen (secondary N) is 2. The van der Waals surface area contributed by atoms with Gasteiger partial charge in [0.15, 0.2) is 5.96 Å². The Bertz CT molecular complexity index is 617. The summed E-state index contributed by atoms with van der Waals surface area (Å²) in [6.07, 6.45) is 5.79. The first-order valence-electron chi connectivity index (χ1n) is 10.1. The molecule has 8 heteroatoms. The molecule has 2 heterocycles. The number of guanidine groups is 1. The highest BCUT2D eigenvalue weighted by Crippen LogP contribution is 2.26. The van der Waals surface area contributed by atoms with Gasteiger partial charge in [-0.25, -0.2) is 8.78 Å². The molecule has 2 fully saturated rings. The zero-order valence-electron chi connectivity index (χ0n) is 16.6. The molecule has 2 saturated heterocycles. The summed E-state index contributed by atoms with van der Waals surface area (Å²) >= 11 is 0. The summed E-state index contributed by atoms with van der Waals surface area (Å²) in [6, 6.07) is 4.14. The van der Waals surface area contributed by atoms with Crippen LogP contribution in [0.15, 0.2) is 23.2 Å². The third kappa shape index (κ3) is 6.43. The van der Waals surface area contributed by atoms with E-state index in [2.05, 4.69) is 20.5 Å². The van der Waals surface area contributed by atoms with E-state index < -0.39 is 11.6 Å². The molecule has 0 aliphatic carbocycles.